The smallest absolute Gasteiger partial charge is 0.327 e. The highest BCUT2D eigenvalue weighted by Crippen LogP contribution is 2.42. The van der Waals surface area contributed by atoms with E-state index >= 15 is 0 Å². The van der Waals surface area contributed by atoms with Gasteiger partial charge in [0.05, 0.1) is 33.1 Å². The highest BCUT2D eigenvalue weighted by Gasteiger charge is 2.41. The van der Waals surface area contributed by atoms with Crippen molar-refractivity contribution in [3.8, 4) is 0 Å². The van der Waals surface area contributed by atoms with Crippen LogP contribution >= 0.6 is 34.5 Å². The van der Waals surface area contributed by atoms with Crippen molar-refractivity contribution in [1.29, 1.82) is 0 Å². The molecular formula is C18H16Cl2N2O4S. The maximum Gasteiger partial charge on any atom is 0.327 e. The largest absolute Gasteiger partial charge is 0.480 e. The molecule has 1 aromatic heterocycles. The Balaban J connectivity index is 1.81. The van der Waals surface area contributed by atoms with Gasteiger partial charge in [0.2, 0.25) is 0 Å². The number of carbonyl (C=O) groups excluding carboxylic acids is 1. The monoisotopic (exact) mass is 426 g/mol. The molecule has 6 nitrogen and oxygen atoms in total. The van der Waals surface area contributed by atoms with Crippen molar-refractivity contribution in [2.45, 2.75) is 12.0 Å². The molecule has 0 radical (unpaired) electrons. The number of carboxylic acids is 1. The summed E-state index contributed by atoms with van der Waals surface area (Å²) in [6.07, 6.45) is 0. The van der Waals surface area contributed by atoms with Gasteiger partial charge in [0.15, 0.2) is 0 Å². The van der Waals surface area contributed by atoms with E-state index in [1.165, 1.54) is 11.3 Å². The number of benzene rings is 1. The molecule has 9 heteroatoms. The second-order valence-corrected chi connectivity index (χ2v) is 8.25. The molecule has 2 atom stereocenters. The Kier molecular flexibility index (Phi) is 5.03. The van der Waals surface area contributed by atoms with E-state index in [-0.39, 0.29) is 5.91 Å². The van der Waals surface area contributed by atoms with E-state index in [1.807, 2.05) is 6.07 Å². The van der Waals surface area contributed by atoms with Gasteiger partial charge >= 0.3 is 5.97 Å². The maximum absolute atomic E-state index is 12.5. The van der Waals surface area contributed by atoms with Crippen LogP contribution in [0.2, 0.25) is 10.0 Å². The van der Waals surface area contributed by atoms with Crippen LogP contribution in [0, 0.1) is 0 Å². The molecule has 2 aliphatic heterocycles. The molecule has 2 N–H and O–H groups in total. The van der Waals surface area contributed by atoms with Crippen LogP contribution in [0.1, 0.15) is 26.7 Å². The van der Waals surface area contributed by atoms with Crippen LogP contribution in [0.3, 0.4) is 0 Å². The van der Waals surface area contributed by atoms with Gasteiger partial charge in [-0.2, -0.15) is 0 Å². The number of carbonyl (C=O) groups is 2. The standard InChI is InChI=1S/C18H16Cl2N2O4S/c19-11-2-1-9(7-12(11)20)14-10-8-13(22-3-5-26-6-4-22)27-16(10)17(23)21-15(14)18(24)25/h1-2,7-8,14-15H,3-6H2,(H,21,23)(H,24,25). The first-order chi connectivity index (χ1) is 13.0. The van der Waals surface area contributed by atoms with E-state index in [1.54, 1.807) is 18.2 Å². The zero-order chi connectivity index (χ0) is 19.1. The summed E-state index contributed by atoms with van der Waals surface area (Å²) in [4.78, 5) is 27.1. The SMILES string of the molecule is O=C1NC(C(=O)O)C(c2ccc(Cl)c(Cl)c2)c2cc(N3CCOCC3)sc21. The van der Waals surface area contributed by atoms with Gasteiger partial charge in [0, 0.05) is 19.0 Å². The Morgan fingerprint density at radius 3 is 2.63 bits per heavy atom. The lowest BCUT2D eigenvalue weighted by Gasteiger charge is -2.30. The summed E-state index contributed by atoms with van der Waals surface area (Å²) in [7, 11) is 0. The van der Waals surface area contributed by atoms with Crippen LogP contribution in [-0.2, 0) is 9.53 Å². The third kappa shape index (κ3) is 3.40. The topological polar surface area (TPSA) is 78.9 Å². The summed E-state index contributed by atoms with van der Waals surface area (Å²) in [6, 6.07) is 5.91. The fraction of sp³-hybridized carbons (Fsp3) is 0.333. The number of rotatable bonds is 3. The van der Waals surface area contributed by atoms with Gasteiger partial charge in [-0.05, 0) is 29.3 Å². The van der Waals surface area contributed by atoms with Crippen LogP contribution < -0.4 is 10.2 Å². The number of hydrogen-bond donors (Lipinski definition) is 2. The van der Waals surface area contributed by atoms with E-state index in [0.717, 1.165) is 18.1 Å². The molecule has 1 amide bonds. The number of nitrogens with one attached hydrogen (secondary N) is 1. The highest BCUT2D eigenvalue weighted by molar-refractivity contribution is 7.18. The Hall–Kier alpha value is -1.80. The molecule has 0 saturated carbocycles. The minimum Gasteiger partial charge on any atom is -0.480 e. The summed E-state index contributed by atoms with van der Waals surface area (Å²) in [6.45, 7) is 2.73. The van der Waals surface area contributed by atoms with Crippen molar-refractivity contribution in [3.63, 3.8) is 0 Å². The molecule has 1 aromatic carbocycles. The first-order valence-corrected chi connectivity index (χ1v) is 9.98. The number of thiophene rings is 1. The molecule has 2 aromatic rings. The molecule has 0 spiro atoms. The Morgan fingerprint density at radius 2 is 1.96 bits per heavy atom. The van der Waals surface area contributed by atoms with Crippen molar-refractivity contribution in [1.82, 2.24) is 5.32 Å². The predicted octanol–water partition coefficient (Wildman–Crippen LogP) is 3.22. The summed E-state index contributed by atoms with van der Waals surface area (Å²) >= 11 is 13.5. The Morgan fingerprint density at radius 1 is 1.22 bits per heavy atom. The second-order valence-electron chi connectivity index (χ2n) is 6.41. The second kappa shape index (κ2) is 7.31. The van der Waals surface area contributed by atoms with Gasteiger partial charge in [-0.1, -0.05) is 29.3 Å². The number of amides is 1. The lowest BCUT2D eigenvalue weighted by Crippen LogP contribution is -2.48. The number of hydrogen-bond acceptors (Lipinski definition) is 5. The Labute approximate surface area is 169 Å². The normalized spacial score (nSPS) is 22.3. The van der Waals surface area contributed by atoms with Crippen molar-refractivity contribution >= 4 is 51.4 Å². The van der Waals surface area contributed by atoms with E-state index in [4.69, 9.17) is 27.9 Å². The average Bonchev–Trinajstić information content (AvgIpc) is 3.10. The molecule has 2 unspecified atom stereocenters. The molecule has 142 valence electrons. The van der Waals surface area contributed by atoms with Gasteiger partial charge in [-0.25, -0.2) is 4.79 Å². The average molecular weight is 427 g/mol. The number of ether oxygens (including phenoxy) is 1. The van der Waals surface area contributed by atoms with Gasteiger partial charge in [-0.15, -0.1) is 11.3 Å². The number of aliphatic carboxylic acids is 1. The molecule has 27 heavy (non-hydrogen) atoms. The third-order valence-corrected chi connectivity index (χ3v) is 6.75. The van der Waals surface area contributed by atoms with Crippen LogP contribution in [0.15, 0.2) is 24.3 Å². The van der Waals surface area contributed by atoms with E-state index in [2.05, 4.69) is 10.2 Å². The summed E-state index contributed by atoms with van der Waals surface area (Å²) < 4.78 is 5.39. The van der Waals surface area contributed by atoms with E-state index < -0.39 is 17.9 Å². The lowest BCUT2D eigenvalue weighted by atomic mass is 9.82. The van der Waals surface area contributed by atoms with E-state index in [0.29, 0.717) is 39.3 Å². The van der Waals surface area contributed by atoms with Gasteiger partial charge in [-0.3, -0.25) is 4.79 Å². The summed E-state index contributed by atoms with van der Waals surface area (Å²) in [5.41, 5.74) is 1.40. The first-order valence-electron chi connectivity index (χ1n) is 8.40. The lowest BCUT2D eigenvalue weighted by molar-refractivity contribution is -0.139. The zero-order valence-corrected chi connectivity index (χ0v) is 16.4. The fourth-order valence-electron chi connectivity index (χ4n) is 3.49. The van der Waals surface area contributed by atoms with Crippen molar-refractivity contribution < 1.29 is 19.4 Å². The maximum atomic E-state index is 12.5. The van der Waals surface area contributed by atoms with Crippen molar-refractivity contribution in [2.75, 3.05) is 31.2 Å². The number of nitrogens with zero attached hydrogens (tertiary/aromatic N) is 1. The molecular weight excluding hydrogens is 411 g/mol. The van der Waals surface area contributed by atoms with Crippen LogP contribution in [0.5, 0.6) is 0 Å². The first kappa shape index (κ1) is 18.6. The molecule has 0 aliphatic carbocycles. The highest BCUT2D eigenvalue weighted by atomic mass is 35.5. The number of anilines is 1. The molecule has 1 fully saturated rings. The fourth-order valence-corrected chi connectivity index (χ4v) is 4.96. The minimum atomic E-state index is -1.09. The summed E-state index contributed by atoms with van der Waals surface area (Å²) in [5.74, 6) is -2.00. The number of morpholine rings is 1. The number of fused-ring (bicyclic) bond motifs is 1. The number of carboxylic acid groups (broad SMARTS) is 1. The third-order valence-electron chi connectivity index (χ3n) is 4.80. The van der Waals surface area contributed by atoms with E-state index in [9.17, 15) is 14.7 Å². The quantitative estimate of drug-likeness (QED) is 0.787. The van der Waals surface area contributed by atoms with Crippen LogP contribution in [-0.4, -0.2) is 49.3 Å². The number of halogens is 2. The molecule has 2 aliphatic rings. The molecule has 1 saturated heterocycles. The van der Waals surface area contributed by atoms with Crippen molar-refractivity contribution in [3.05, 3.63) is 50.3 Å². The molecule has 0 bridgehead atoms. The van der Waals surface area contributed by atoms with Crippen LogP contribution in [0.4, 0.5) is 5.00 Å². The minimum absolute atomic E-state index is 0.348. The molecule has 4 rings (SSSR count). The Bertz CT molecular complexity index is 911. The molecule has 3 heterocycles. The van der Waals surface area contributed by atoms with Gasteiger partial charge in [0.25, 0.3) is 5.91 Å². The predicted molar refractivity (Wildman–Crippen MR) is 105 cm³/mol. The van der Waals surface area contributed by atoms with Gasteiger partial charge < -0.3 is 20.1 Å². The van der Waals surface area contributed by atoms with Crippen molar-refractivity contribution in [2.24, 2.45) is 0 Å². The zero-order valence-electron chi connectivity index (χ0n) is 14.1. The van der Waals surface area contributed by atoms with Gasteiger partial charge in [0.1, 0.15) is 6.04 Å². The summed E-state index contributed by atoms with van der Waals surface area (Å²) in [5, 5.41) is 14.0. The van der Waals surface area contributed by atoms with Crippen LogP contribution in [0.25, 0.3) is 0 Å².